The van der Waals surface area contributed by atoms with Crippen molar-refractivity contribution in [2.45, 2.75) is 38.2 Å². The van der Waals surface area contributed by atoms with Gasteiger partial charge in [0.25, 0.3) is 5.89 Å². The Labute approximate surface area is 102 Å². The van der Waals surface area contributed by atoms with Gasteiger partial charge < -0.3 is 4.52 Å². The van der Waals surface area contributed by atoms with E-state index in [9.17, 15) is 8.78 Å². The number of halogens is 2. The maximum Gasteiger partial charge on any atom is 0.300 e. The van der Waals surface area contributed by atoms with E-state index in [1.54, 1.807) is 6.07 Å². The van der Waals surface area contributed by atoms with Crippen LogP contribution in [0.2, 0.25) is 0 Å². The van der Waals surface area contributed by atoms with Gasteiger partial charge in [-0.15, -0.1) is 0 Å². The molecule has 0 bridgehead atoms. The SMILES string of the molecule is FC(F)c1noc(-c2ccn(C3CCCC3)n2)n1. The molecule has 0 unspecified atom stereocenters. The van der Waals surface area contributed by atoms with E-state index in [0.29, 0.717) is 11.7 Å². The molecule has 0 spiro atoms. The normalized spacial score (nSPS) is 16.8. The van der Waals surface area contributed by atoms with Crippen LogP contribution in [0.3, 0.4) is 0 Å². The van der Waals surface area contributed by atoms with Crippen LogP contribution < -0.4 is 0 Å². The lowest BCUT2D eigenvalue weighted by Crippen LogP contribution is -2.04. The molecule has 0 aliphatic heterocycles. The molecule has 7 heteroatoms. The van der Waals surface area contributed by atoms with Crippen molar-refractivity contribution in [2.24, 2.45) is 0 Å². The van der Waals surface area contributed by atoms with Crippen molar-refractivity contribution in [3.05, 3.63) is 18.1 Å². The minimum atomic E-state index is -2.72. The second-order valence-corrected chi connectivity index (χ2v) is 4.38. The van der Waals surface area contributed by atoms with Gasteiger partial charge in [-0.25, -0.2) is 8.78 Å². The number of rotatable bonds is 3. The average Bonchev–Trinajstić information content (AvgIpc) is 3.10. The van der Waals surface area contributed by atoms with Gasteiger partial charge >= 0.3 is 6.43 Å². The highest BCUT2D eigenvalue weighted by Gasteiger charge is 2.21. The van der Waals surface area contributed by atoms with Gasteiger partial charge in [0.2, 0.25) is 5.82 Å². The van der Waals surface area contributed by atoms with E-state index in [2.05, 4.69) is 15.2 Å². The van der Waals surface area contributed by atoms with E-state index in [0.717, 1.165) is 12.8 Å². The molecule has 0 amide bonds. The fourth-order valence-corrected chi connectivity index (χ4v) is 2.25. The molecular weight excluding hydrogens is 242 g/mol. The molecule has 5 nitrogen and oxygen atoms in total. The summed E-state index contributed by atoms with van der Waals surface area (Å²) >= 11 is 0. The van der Waals surface area contributed by atoms with E-state index in [4.69, 9.17) is 4.52 Å². The summed E-state index contributed by atoms with van der Waals surface area (Å²) in [6, 6.07) is 2.11. The lowest BCUT2D eigenvalue weighted by Gasteiger charge is -2.08. The minimum Gasteiger partial charge on any atom is -0.332 e. The van der Waals surface area contributed by atoms with Crippen LogP contribution in [-0.2, 0) is 0 Å². The molecule has 0 saturated heterocycles. The third-order valence-corrected chi connectivity index (χ3v) is 3.16. The topological polar surface area (TPSA) is 56.7 Å². The quantitative estimate of drug-likeness (QED) is 0.844. The maximum absolute atomic E-state index is 12.3. The second-order valence-electron chi connectivity index (χ2n) is 4.38. The van der Waals surface area contributed by atoms with Crippen LogP contribution >= 0.6 is 0 Å². The molecule has 1 aliphatic carbocycles. The van der Waals surface area contributed by atoms with Crippen LogP contribution in [-0.4, -0.2) is 19.9 Å². The van der Waals surface area contributed by atoms with Gasteiger partial charge in [-0.05, 0) is 18.9 Å². The summed E-state index contributed by atoms with van der Waals surface area (Å²) < 4.78 is 31.3. The summed E-state index contributed by atoms with van der Waals surface area (Å²) in [6.45, 7) is 0. The molecular formula is C11H12F2N4O. The highest BCUT2D eigenvalue weighted by Crippen LogP contribution is 2.29. The van der Waals surface area contributed by atoms with Crippen molar-refractivity contribution in [1.29, 1.82) is 0 Å². The monoisotopic (exact) mass is 254 g/mol. The molecule has 3 rings (SSSR count). The van der Waals surface area contributed by atoms with Crippen LogP contribution in [0.5, 0.6) is 0 Å². The van der Waals surface area contributed by atoms with Crippen molar-refractivity contribution in [3.63, 3.8) is 0 Å². The van der Waals surface area contributed by atoms with E-state index < -0.39 is 12.2 Å². The second kappa shape index (κ2) is 4.47. The molecule has 0 aromatic carbocycles. The summed E-state index contributed by atoms with van der Waals surface area (Å²) in [7, 11) is 0. The number of alkyl halides is 2. The Morgan fingerprint density at radius 2 is 2.11 bits per heavy atom. The van der Waals surface area contributed by atoms with E-state index in [-0.39, 0.29) is 5.89 Å². The van der Waals surface area contributed by atoms with E-state index in [1.165, 1.54) is 12.8 Å². The smallest absolute Gasteiger partial charge is 0.300 e. The predicted molar refractivity (Wildman–Crippen MR) is 58.0 cm³/mol. The molecule has 0 atom stereocenters. The van der Waals surface area contributed by atoms with E-state index in [1.807, 2.05) is 10.9 Å². The highest BCUT2D eigenvalue weighted by atomic mass is 19.3. The molecule has 0 radical (unpaired) electrons. The molecule has 1 fully saturated rings. The average molecular weight is 254 g/mol. The first-order chi connectivity index (χ1) is 8.74. The minimum absolute atomic E-state index is 0.0436. The number of nitrogens with zero attached hydrogens (tertiary/aromatic N) is 4. The van der Waals surface area contributed by atoms with Crippen LogP contribution in [0.15, 0.2) is 16.8 Å². The number of hydrogen-bond acceptors (Lipinski definition) is 4. The fraction of sp³-hybridized carbons (Fsp3) is 0.545. The summed E-state index contributed by atoms with van der Waals surface area (Å²) in [5.41, 5.74) is 0.446. The first kappa shape index (κ1) is 11.3. The maximum atomic E-state index is 12.3. The Kier molecular flexibility index (Phi) is 2.81. The highest BCUT2D eigenvalue weighted by molar-refractivity contribution is 5.44. The van der Waals surface area contributed by atoms with Crippen LogP contribution in [0, 0.1) is 0 Å². The van der Waals surface area contributed by atoms with Gasteiger partial charge in [-0.1, -0.05) is 18.0 Å². The largest absolute Gasteiger partial charge is 0.332 e. The van der Waals surface area contributed by atoms with Crippen molar-refractivity contribution < 1.29 is 13.3 Å². The molecule has 18 heavy (non-hydrogen) atoms. The third kappa shape index (κ3) is 2.00. The van der Waals surface area contributed by atoms with Crippen molar-refractivity contribution in [3.8, 4) is 11.6 Å². The standard InChI is InChI=1S/C11H12F2N4O/c12-9(13)10-14-11(18-16-10)8-5-6-17(15-8)7-3-1-2-4-7/h5-7,9H,1-4H2. The summed E-state index contributed by atoms with van der Waals surface area (Å²) in [5.74, 6) is -0.553. The van der Waals surface area contributed by atoms with Gasteiger partial charge in [0.1, 0.15) is 0 Å². The van der Waals surface area contributed by atoms with Gasteiger partial charge in [-0.2, -0.15) is 10.1 Å². The number of aromatic nitrogens is 4. The van der Waals surface area contributed by atoms with Crippen molar-refractivity contribution >= 4 is 0 Å². The zero-order chi connectivity index (χ0) is 12.5. The summed E-state index contributed by atoms with van der Waals surface area (Å²) in [5, 5.41) is 7.52. The summed E-state index contributed by atoms with van der Waals surface area (Å²) in [6.07, 6.45) is 3.73. The van der Waals surface area contributed by atoms with Gasteiger partial charge in [0, 0.05) is 6.20 Å². The Morgan fingerprint density at radius 3 is 2.78 bits per heavy atom. The van der Waals surface area contributed by atoms with E-state index >= 15 is 0 Å². The Morgan fingerprint density at radius 1 is 1.33 bits per heavy atom. The first-order valence-electron chi connectivity index (χ1n) is 5.91. The first-order valence-corrected chi connectivity index (χ1v) is 5.91. The zero-order valence-corrected chi connectivity index (χ0v) is 9.59. The van der Waals surface area contributed by atoms with Crippen LogP contribution in [0.25, 0.3) is 11.6 Å². The Hall–Kier alpha value is -1.79. The van der Waals surface area contributed by atoms with Gasteiger partial charge in [0.15, 0.2) is 5.69 Å². The molecule has 2 heterocycles. The Bertz CT molecular complexity index is 531. The van der Waals surface area contributed by atoms with Crippen LogP contribution in [0.1, 0.15) is 44.0 Å². The summed E-state index contributed by atoms with van der Waals surface area (Å²) in [4.78, 5) is 3.62. The van der Waals surface area contributed by atoms with Crippen molar-refractivity contribution in [2.75, 3.05) is 0 Å². The van der Waals surface area contributed by atoms with Crippen LogP contribution in [0.4, 0.5) is 8.78 Å². The number of hydrogen-bond donors (Lipinski definition) is 0. The Balaban J connectivity index is 1.83. The third-order valence-electron chi connectivity index (χ3n) is 3.16. The lowest BCUT2D eigenvalue weighted by molar-refractivity contribution is 0.136. The predicted octanol–water partition coefficient (Wildman–Crippen LogP) is 2.99. The molecule has 1 aliphatic rings. The zero-order valence-electron chi connectivity index (χ0n) is 9.59. The van der Waals surface area contributed by atoms with Gasteiger partial charge in [-0.3, -0.25) is 4.68 Å². The lowest BCUT2D eigenvalue weighted by atomic mass is 10.3. The fourth-order valence-electron chi connectivity index (χ4n) is 2.25. The molecule has 2 aromatic rings. The molecule has 96 valence electrons. The van der Waals surface area contributed by atoms with Gasteiger partial charge in [0.05, 0.1) is 6.04 Å². The molecule has 1 saturated carbocycles. The van der Waals surface area contributed by atoms with Crippen molar-refractivity contribution in [1.82, 2.24) is 19.9 Å². The molecule has 0 N–H and O–H groups in total. The molecule has 2 aromatic heterocycles.